The Hall–Kier alpha value is -2.44. The molecule has 0 saturated heterocycles. The first kappa shape index (κ1) is 16.9. The number of carbonyl (C=O) groups is 1. The summed E-state index contributed by atoms with van der Waals surface area (Å²) < 4.78 is 50.0. The minimum Gasteiger partial charge on any atom is -0.497 e. The van der Waals surface area contributed by atoms with Gasteiger partial charge in [-0.05, 0) is 32.0 Å². The van der Waals surface area contributed by atoms with Crippen molar-refractivity contribution in [3.63, 3.8) is 0 Å². The van der Waals surface area contributed by atoms with Crippen LogP contribution in [0.25, 0.3) is 16.5 Å². The molecule has 124 valence electrons. The number of rotatable bonds is 4. The lowest BCUT2D eigenvalue weighted by molar-refractivity contribution is -0.137. The Balaban J connectivity index is 2.70. The summed E-state index contributed by atoms with van der Waals surface area (Å²) in [6.45, 7) is 3.05. The second-order valence-electron chi connectivity index (χ2n) is 4.84. The van der Waals surface area contributed by atoms with Crippen LogP contribution in [0.15, 0.2) is 24.3 Å². The molecule has 23 heavy (non-hydrogen) atoms. The van der Waals surface area contributed by atoms with Gasteiger partial charge in [-0.2, -0.15) is 13.2 Å². The summed E-state index contributed by atoms with van der Waals surface area (Å²) >= 11 is 0. The molecule has 0 bridgehead atoms. The van der Waals surface area contributed by atoms with Gasteiger partial charge in [-0.3, -0.25) is 0 Å². The molecule has 0 saturated carbocycles. The van der Waals surface area contributed by atoms with Gasteiger partial charge in [0.25, 0.3) is 0 Å². The molecule has 0 atom stereocenters. The number of H-pyrrole nitrogens is 1. The van der Waals surface area contributed by atoms with Crippen molar-refractivity contribution < 1.29 is 27.4 Å². The zero-order valence-electron chi connectivity index (χ0n) is 12.9. The molecule has 4 nitrogen and oxygen atoms in total. The Kier molecular flexibility index (Phi) is 4.68. The van der Waals surface area contributed by atoms with Crippen LogP contribution in [0.3, 0.4) is 0 Å². The molecule has 2 rings (SSSR count). The van der Waals surface area contributed by atoms with Crippen LogP contribution in [-0.4, -0.2) is 30.8 Å². The molecule has 1 N–H and O–H groups in total. The van der Waals surface area contributed by atoms with Crippen LogP contribution in [0.2, 0.25) is 0 Å². The number of esters is 1. The molecule has 7 heteroatoms. The van der Waals surface area contributed by atoms with E-state index in [9.17, 15) is 18.0 Å². The summed E-state index contributed by atoms with van der Waals surface area (Å²) in [7, 11) is 1.43. The number of hydrogen-bond acceptors (Lipinski definition) is 3. The third-order valence-corrected chi connectivity index (χ3v) is 3.32. The predicted octanol–water partition coefficient (Wildman–Crippen LogP) is 3.99. The molecule has 2 aromatic rings. The monoisotopic (exact) mass is 327 g/mol. The molecule has 0 spiro atoms. The van der Waals surface area contributed by atoms with Gasteiger partial charge in [0.2, 0.25) is 0 Å². The number of aromatic amines is 1. The van der Waals surface area contributed by atoms with Crippen molar-refractivity contribution in [2.24, 2.45) is 0 Å². The van der Waals surface area contributed by atoms with Gasteiger partial charge in [0, 0.05) is 28.2 Å². The maximum Gasteiger partial charge on any atom is 0.417 e. The first-order chi connectivity index (χ1) is 10.8. The summed E-state index contributed by atoms with van der Waals surface area (Å²) in [5.41, 5.74) is -0.300. The molecular formula is C16H16F3NO3. The average molecular weight is 327 g/mol. The van der Waals surface area contributed by atoms with E-state index in [2.05, 4.69) is 9.72 Å². The van der Waals surface area contributed by atoms with E-state index in [4.69, 9.17) is 4.74 Å². The van der Waals surface area contributed by atoms with Gasteiger partial charge in [0.05, 0.1) is 19.3 Å². The molecule has 0 aliphatic heterocycles. The molecule has 0 aliphatic carbocycles. The highest BCUT2D eigenvalue weighted by Crippen LogP contribution is 2.40. The first-order valence-corrected chi connectivity index (χ1v) is 6.90. The van der Waals surface area contributed by atoms with E-state index in [1.807, 2.05) is 0 Å². The summed E-state index contributed by atoms with van der Waals surface area (Å²) in [6.07, 6.45) is -4.21. The van der Waals surface area contributed by atoms with E-state index >= 15 is 0 Å². The predicted molar refractivity (Wildman–Crippen MR) is 80.3 cm³/mol. The maximum atomic E-state index is 13.5. The van der Waals surface area contributed by atoms with Crippen molar-refractivity contribution in [3.8, 4) is 5.75 Å². The van der Waals surface area contributed by atoms with Crippen molar-refractivity contribution >= 4 is 22.4 Å². The first-order valence-electron chi connectivity index (χ1n) is 6.90. The number of nitrogens with one attached hydrogen (secondary N) is 1. The van der Waals surface area contributed by atoms with Crippen LogP contribution in [-0.2, 0) is 9.53 Å². The number of benzene rings is 1. The fourth-order valence-corrected chi connectivity index (χ4v) is 2.38. The topological polar surface area (TPSA) is 51.3 Å². The van der Waals surface area contributed by atoms with Crippen LogP contribution in [0, 0.1) is 6.92 Å². The minimum atomic E-state index is -4.70. The molecule has 0 fully saturated rings. The van der Waals surface area contributed by atoms with Crippen LogP contribution in [0.1, 0.15) is 18.2 Å². The average Bonchev–Trinajstić information content (AvgIpc) is 2.78. The standard InChI is InChI=1S/C16H16F3NO3/c1-4-23-14(21)8-12(16(17,18)19)15-9(2)20-13-6-5-10(22-3)7-11(13)15/h5-8,20H,4H2,1-3H3/b12-8+. The van der Waals surface area contributed by atoms with Gasteiger partial charge in [-0.1, -0.05) is 0 Å². The van der Waals surface area contributed by atoms with Crippen LogP contribution in [0.4, 0.5) is 13.2 Å². The molecule has 0 amide bonds. The summed E-state index contributed by atoms with van der Waals surface area (Å²) in [6, 6.07) is 4.77. The number of hydrogen-bond donors (Lipinski definition) is 1. The van der Waals surface area contributed by atoms with Gasteiger partial charge >= 0.3 is 12.1 Å². The van der Waals surface area contributed by atoms with Crippen molar-refractivity contribution in [2.45, 2.75) is 20.0 Å². The highest BCUT2D eigenvalue weighted by Gasteiger charge is 2.38. The molecule has 1 heterocycles. The fraction of sp³-hybridized carbons (Fsp3) is 0.312. The Labute approximate surface area is 130 Å². The van der Waals surface area contributed by atoms with Crippen LogP contribution in [0.5, 0.6) is 5.75 Å². The SMILES string of the molecule is CCOC(=O)/C=C(\c1c(C)[nH]c2ccc(OC)cc12)C(F)(F)F. The van der Waals surface area contributed by atoms with E-state index < -0.39 is 17.7 Å². The van der Waals surface area contributed by atoms with Gasteiger partial charge in [0.1, 0.15) is 5.75 Å². The Bertz CT molecular complexity index is 760. The number of halogens is 3. The number of alkyl halides is 3. The molecule has 0 unspecified atom stereocenters. The van der Waals surface area contributed by atoms with Crippen LogP contribution >= 0.6 is 0 Å². The summed E-state index contributed by atoms with van der Waals surface area (Å²) in [4.78, 5) is 14.4. The number of allylic oxidation sites excluding steroid dienone is 1. The Morgan fingerprint density at radius 1 is 1.35 bits per heavy atom. The maximum absolute atomic E-state index is 13.5. The van der Waals surface area contributed by atoms with Crippen molar-refractivity contribution in [3.05, 3.63) is 35.5 Å². The molecule has 1 aromatic carbocycles. The van der Waals surface area contributed by atoms with Gasteiger partial charge in [-0.15, -0.1) is 0 Å². The second kappa shape index (κ2) is 6.36. The van der Waals surface area contributed by atoms with E-state index in [0.717, 1.165) is 0 Å². The third-order valence-electron chi connectivity index (χ3n) is 3.32. The van der Waals surface area contributed by atoms with Crippen molar-refractivity contribution in [1.82, 2.24) is 4.98 Å². The molecular weight excluding hydrogens is 311 g/mol. The molecule has 1 aromatic heterocycles. The third kappa shape index (κ3) is 3.49. The number of methoxy groups -OCH3 is 1. The van der Waals surface area contributed by atoms with E-state index in [0.29, 0.717) is 28.4 Å². The molecule has 0 aliphatic rings. The quantitative estimate of drug-likeness (QED) is 0.682. The zero-order chi connectivity index (χ0) is 17.2. The van der Waals surface area contributed by atoms with Crippen LogP contribution < -0.4 is 4.74 Å². The Morgan fingerprint density at radius 2 is 2.04 bits per heavy atom. The number of carbonyl (C=O) groups excluding carboxylic acids is 1. The van der Waals surface area contributed by atoms with Crippen molar-refractivity contribution in [1.29, 1.82) is 0 Å². The van der Waals surface area contributed by atoms with Gasteiger partial charge in [0.15, 0.2) is 0 Å². The highest BCUT2D eigenvalue weighted by molar-refractivity contribution is 6.01. The van der Waals surface area contributed by atoms with E-state index in [1.54, 1.807) is 12.1 Å². The lowest BCUT2D eigenvalue weighted by atomic mass is 10.0. The van der Waals surface area contributed by atoms with Crippen molar-refractivity contribution in [2.75, 3.05) is 13.7 Å². The van der Waals surface area contributed by atoms with Gasteiger partial charge < -0.3 is 14.5 Å². The fourth-order valence-electron chi connectivity index (χ4n) is 2.38. The lowest BCUT2D eigenvalue weighted by Gasteiger charge is -2.12. The molecule has 0 radical (unpaired) electrons. The number of ether oxygens (including phenoxy) is 2. The van der Waals surface area contributed by atoms with Gasteiger partial charge in [-0.25, -0.2) is 4.79 Å². The number of aryl methyl sites for hydroxylation is 1. The minimum absolute atomic E-state index is 0.00115. The summed E-state index contributed by atoms with van der Waals surface area (Å²) in [5.74, 6) is -0.605. The largest absolute Gasteiger partial charge is 0.497 e. The lowest BCUT2D eigenvalue weighted by Crippen LogP contribution is -2.14. The summed E-state index contributed by atoms with van der Waals surface area (Å²) in [5, 5.41) is 0.328. The normalized spacial score (nSPS) is 12.5. The highest BCUT2D eigenvalue weighted by atomic mass is 19.4. The number of aromatic nitrogens is 1. The zero-order valence-corrected chi connectivity index (χ0v) is 12.9. The smallest absolute Gasteiger partial charge is 0.417 e. The second-order valence-corrected chi connectivity index (χ2v) is 4.84. The number of fused-ring (bicyclic) bond motifs is 1. The Morgan fingerprint density at radius 3 is 2.61 bits per heavy atom. The van der Waals surface area contributed by atoms with E-state index in [1.165, 1.54) is 27.0 Å². The van der Waals surface area contributed by atoms with E-state index in [-0.39, 0.29) is 12.2 Å².